The quantitative estimate of drug-likeness (QED) is 0.761. The summed E-state index contributed by atoms with van der Waals surface area (Å²) in [6, 6.07) is 13.6. The lowest BCUT2D eigenvalue weighted by atomic mass is 10.00. The molecule has 2 nitrogen and oxygen atoms in total. The zero-order valence-corrected chi connectivity index (χ0v) is 10.9. The van der Waals surface area contributed by atoms with Crippen LogP contribution in [0.2, 0.25) is 0 Å². The number of benzene rings is 2. The van der Waals surface area contributed by atoms with Crippen molar-refractivity contribution in [1.29, 1.82) is 0 Å². The summed E-state index contributed by atoms with van der Waals surface area (Å²) in [4.78, 5) is 11.2. The first-order chi connectivity index (χ1) is 8.63. The first-order valence-corrected chi connectivity index (χ1v) is 5.88. The molecule has 0 bridgehead atoms. The Morgan fingerprint density at radius 2 is 1.72 bits per heavy atom. The maximum absolute atomic E-state index is 11.2. The summed E-state index contributed by atoms with van der Waals surface area (Å²) in [6.07, 6.45) is 0. The lowest BCUT2D eigenvalue weighted by Crippen LogP contribution is -1.93. The van der Waals surface area contributed by atoms with Gasteiger partial charge in [0.1, 0.15) is 5.75 Å². The van der Waals surface area contributed by atoms with E-state index < -0.39 is 0 Å². The summed E-state index contributed by atoms with van der Waals surface area (Å²) in [6.45, 7) is 3.59. The molecule has 0 amide bonds. The highest BCUT2D eigenvalue weighted by Gasteiger charge is 2.08. The van der Waals surface area contributed by atoms with Crippen molar-refractivity contribution >= 4 is 5.78 Å². The molecule has 0 spiro atoms. The molecule has 0 saturated heterocycles. The van der Waals surface area contributed by atoms with Crippen molar-refractivity contribution in [3.8, 4) is 16.9 Å². The number of carbonyl (C=O) groups excluding carboxylic acids is 1. The zero-order chi connectivity index (χ0) is 13.1. The van der Waals surface area contributed by atoms with Crippen molar-refractivity contribution in [2.24, 2.45) is 0 Å². The fraction of sp³-hybridized carbons (Fsp3) is 0.188. The van der Waals surface area contributed by atoms with Gasteiger partial charge in [0.15, 0.2) is 5.78 Å². The number of rotatable bonds is 3. The van der Waals surface area contributed by atoms with Crippen LogP contribution in [0.25, 0.3) is 11.1 Å². The Bertz CT molecular complexity index is 568. The summed E-state index contributed by atoms with van der Waals surface area (Å²) < 4.78 is 5.44. The summed E-state index contributed by atoms with van der Waals surface area (Å²) in [5, 5.41) is 0. The van der Waals surface area contributed by atoms with Crippen LogP contribution in [0.1, 0.15) is 22.8 Å². The fourth-order valence-electron chi connectivity index (χ4n) is 2.04. The van der Waals surface area contributed by atoms with Gasteiger partial charge in [-0.1, -0.05) is 42.5 Å². The molecule has 0 radical (unpaired) electrons. The molecule has 0 fully saturated rings. The fourth-order valence-corrected chi connectivity index (χ4v) is 2.04. The number of carbonyl (C=O) groups is 1. The molecular weight excluding hydrogens is 224 g/mol. The van der Waals surface area contributed by atoms with E-state index in [-0.39, 0.29) is 5.78 Å². The number of Topliss-reactive ketones (excluding diaryl/α,β-unsaturated/α-hetero) is 1. The van der Waals surface area contributed by atoms with Gasteiger partial charge in [-0.05, 0) is 25.0 Å². The normalized spacial score (nSPS) is 10.2. The van der Waals surface area contributed by atoms with Gasteiger partial charge in [-0.25, -0.2) is 0 Å². The van der Waals surface area contributed by atoms with Crippen molar-refractivity contribution in [3.05, 3.63) is 53.6 Å². The van der Waals surface area contributed by atoms with E-state index in [0.29, 0.717) is 0 Å². The van der Waals surface area contributed by atoms with Crippen LogP contribution < -0.4 is 4.74 Å². The molecule has 0 saturated carbocycles. The Morgan fingerprint density at radius 3 is 2.28 bits per heavy atom. The molecule has 2 aromatic carbocycles. The van der Waals surface area contributed by atoms with Crippen molar-refractivity contribution in [1.82, 2.24) is 0 Å². The lowest BCUT2D eigenvalue weighted by Gasteiger charge is -2.11. The number of methoxy groups -OCH3 is 1. The van der Waals surface area contributed by atoms with E-state index >= 15 is 0 Å². The monoisotopic (exact) mass is 240 g/mol. The third kappa shape index (κ3) is 2.28. The van der Waals surface area contributed by atoms with Gasteiger partial charge in [-0.3, -0.25) is 4.79 Å². The molecule has 0 aliphatic rings. The minimum Gasteiger partial charge on any atom is -0.496 e. The molecule has 0 aliphatic carbocycles. The minimum atomic E-state index is 0.0813. The van der Waals surface area contributed by atoms with Crippen LogP contribution in [-0.4, -0.2) is 12.9 Å². The average molecular weight is 240 g/mol. The molecule has 0 unspecified atom stereocenters. The van der Waals surface area contributed by atoms with E-state index in [1.165, 1.54) is 0 Å². The number of para-hydroxylation sites is 1. The highest BCUT2D eigenvalue weighted by atomic mass is 16.5. The number of hydrogen-bond donors (Lipinski definition) is 0. The molecule has 2 heteroatoms. The van der Waals surface area contributed by atoms with Crippen LogP contribution in [-0.2, 0) is 0 Å². The predicted octanol–water partition coefficient (Wildman–Crippen LogP) is 3.87. The number of ether oxygens (including phenoxy) is 1. The third-order valence-electron chi connectivity index (χ3n) is 3.02. The Morgan fingerprint density at radius 1 is 1.06 bits per heavy atom. The van der Waals surface area contributed by atoms with E-state index in [2.05, 4.69) is 0 Å². The van der Waals surface area contributed by atoms with Crippen LogP contribution in [0.15, 0.2) is 42.5 Å². The molecule has 2 rings (SSSR count). The van der Waals surface area contributed by atoms with Gasteiger partial charge in [0.2, 0.25) is 0 Å². The van der Waals surface area contributed by atoms with Gasteiger partial charge in [0.05, 0.1) is 7.11 Å². The first kappa shape index (κ1) is 12.4. The van der Waals surface area contributed by atoms with E-state index in [9.17, 15) is 4.79 Å². The molecule has 92 valence electrons. The summed E-state index contributed by atoms with van der Waals surface area (Å²) in [5.41, 5.74) is 3.93. The maximum atomic E-state index is 11.2. The largest absolute Gasteiger partial charge is 0.496 e. The van der Waals surface area contributed by atoms with E-state index in [4.69, 9.17) is 4.74 Å². The minimum absolute atomic E-state index is 0.0813. The second-order valence-corrected chi connectivity index (χ2v) is 4.29. The van der Waals surface area contributed by atoms with Crippen molar-refractivity contribution in [2.75, 3.05) is 7.11 Å². The van der Waals surface area contributed by atoms with E-state index in [1.54, 1.807) is 14.0 Å². The van der Waals surface area contributed by atoms with Gasteiger partial charge < -0.3 is 4.74 Å². The summed E-state index contributed by atoms with van der Waals surface area (Å²) >= 11 is 0. The average Bonchev–Trinajstić information content (AvgIpc) is 2.38. The van der Waals surface area contributed by atoms with Crippen LogP contribution in [0.3, 0.4) is 0 Å². The van der Waals surface area contributed by atoms with Gasteiger partial charge in [-0.15, -0.1) is 0 Å². The van der Waals surface area contributed by atoms with Crippen molar-refractivity contribution in [2.45, 2.75) is 13.8 Å². The van der Waals surface area contributed by atoms with Crippen molar-refractivity contribution < 1.29 is 9.53 Å². The second kappa shape index (κ2) is 5.05. The molecule has 0 aromatic heterocycles. The summed E-state index contributed by atoms with van der Waals surface area (Å²) in [5.74, 6) is 0.964. The van der Waals surface area contributed by atoms with Crippen LogP contribution in [0.4, 0.5) is 0 Å². The van der Waals surface area contributed by atoms with Gasteiger partial charge in [-0.2, -0.15) is 0 Å². The molecule has 0 heterocycles. The van der Waals surface area contributed by atoms with E-state index in [1.807, 2.05) is 49.4 Å². The summed E-state index contributed by atoms with van der Waals surface area (Å²) in [7, 11) is 1.68. The number of aryl methyl sites for hydroxylation is 1. The van der Waals surface area contributed by atoms with Gasteiger partial charge in [0.25, 0.3) is 0 Å². The second-order valence-electron chi connectivity index (χ2n) is 4.29. The van der Waals surface area contributed by atoms with Crippen molar-refractivity contribution in [3.63, 3.8) is 0 Å². The number of hydrogen-bond acceptors (Lipinski definition) is 2. The SMILES string of the molecule is COc1c(C)cccc1-c1ccc(C(C)=O)cc1. The van der Waals surface area contributed by atoms with Gasteiger partial charge >= 0.3 is 0 Å². The predicted molar refractivity (Wildman–Crippen MR) is 73.2 cm³/mol. The topological polar surface area (TPSA) is 26.3 Å². The molecular formula is C16H16O2. The third-order valence-corrected chi connectivity index (χ3v) is 3.02. The van der Waals surface area contributed by atoms with Crippen LogP contribution in [0, 0.1) is 6.92 Å². The zero-order valence-electron chi connectivity index (χ0n) is 10.9. The highest BCUT2D eigenvalue weighted by Crippen LogP contribution is 2.32. The maximum Gasteiger partial charge on any atom is 0.159 e. The molecule has 0 atom stereocenters. The molecule has 18 heavy (non-hydrogen) atoms. The Balaban J connectivity index is 2.49. The van der Waals surface area contributed by atoms with E-state index in [0.717, 1.165) is 28.0 Å². The molecule has 0 aliphatic heterocycles. The Labute approximate surface area is 107 Å². The molecule has 2 aromatic rings. The Hall–Kier alpha value is -2.09. The lowest BCUT2D eigenvalue weighted by molar-refractivity contribution is 0.101. The van der Waals surface area contributed by atoms with Crippen LogP contribution in [0.5, 0.6) is 5.75 Å². The molecule has 0 N–H and O–H groups in total. The number of ketones is 1. The smallest absolute Gasteiger partial charge is 0.159 e. The highest BCUT2D eigenvalue weighted by molar-refractivity contribution is 5.94. The van der Waals surface area contributed by atoms with Crippen LogP contribution >= 0.6 is 0 Å². The van der Waals surface area contributed by atoms with Gasteiger partial charge in [0, 0.05) is 11.1 Å². The first-order valence-electron chi connectivity index (χ1n) is 5.88. The Kier molecular flexibility index (Phi) is 3.47. The standard InChI is InChI=1S/C16H16O2/c1-11-5-4-6-15(16(11)18-3)14-9-7-13(8-10-14)12(2)17/h4-10H,1-3H3.